The van der Waals surface area contributed by atoms with Gasteiger partial charge in [0, 0.05) is 18.4 Å². The fraction of sp³-hybridized carbons (Fsp3) is 0.464. The molecule has 0 bridgehead atoms. The monoisotopic (exact) mass is 478 g/mol. The third kappa shape index (κ3) is 5.66. The average Bonchev–Trinajstić information content (AvgIpc) is 3.36. The van der Waals surface area contributed by atoms with Crippen molar-refractivity contribution in [3.05, 3.63) is 59.7 Å². The predicted octanol–water partition coefficient (Wildman–Crippen LogP) is 4.70. The Morgan fingerprint density at radius 2 is 1.60 bits per heavy atom. The smallest absolute Gasteiger partial charge is 0.407 e. The van der Waals surface area contributed by atoms with Crippen LogP contribution in [-0.2, 0) is 14.3 Å². The number of aliphatic carboxylic acids is 1. The van der Waals surface area contributed by atoms with Crippen molar-refractivity contribution in [2.24, 2.45) is 11.3 Å². The molecule has 0 spiro atoms. The van der Waals surface area contributed by atoms with Gasteiger partial charge in [0.15, 0.2) is 0 Å². The number of benzene rings is 2. The highest BCUT2D eigenvalue weighted by Crippen LogP contribution is 2.44. The number of nitrogens with one attached hydrogen (secondary N) is 2. The Hall–Kier alpha value is -3.35. The van der Waals surface area contributed by atoms with E-state index in [0.29, 0.717) is 6.42 Å². The van der Waals surface area contributed by atoms with Crippen LogP contribution in [0.2, 0.25) is 0 Å². The molecule has 7 heteroatoms. The van der Waals surface area contributed by atoms with Gasteiger partial charge in [0.2, 0.25) is 5.91 Å². The zero-order chi connectivity index (χ0) is 25.2. The molecule has 35 heavy (non-hydrogen) atoms. The fourth-order valence-corrected chi connectivity index (χ4v) is 5.36. The lowest BCUT2D eigenvalue weighted by atomic mass is 9.86. The van der Waals surface area contributed by atoms with E-state index in [2.05, 4.69) is 34.9 Å². The number of fused-ring (bicyclic) bond motifs is 3. The molecule has 0 aliphatic heterocycles. The highest BCUT2D eigenvalue weighted by Gasteiger charge is 2.36. The molecule has 1 saturated carbocycles. The Kier molecular flexibility index (Phi) is 7.15. The number of carboxylic acid groups (broad SMARTS) is 1. The molecule has 7 nitrogen and oxygen atoms in total. The molecule has 2 amide bonds. The van der Waals surface area contributed by atoms with Crippen LogP contribution in [0.5, 0.6) is 0 Å². The van der Waals surface area contributed by atoms with Crippen LogP contribution >= 0.6 is 0 Å². The molecule has 2 aromatic carbocycles. The Labute approximate surface area is 206 Å². The maximum Gasteiger partial charge on any atom is 0.407 e. The first-order valence-electron chi connectivity index (χ1n) is 12.3. The number of rotatable bonds is 7. The Morgan fingerprint density at radius 3 is 2.17 bits per heavy atom. The van der Waals surface area contributed by atoms with Crippen molar-refractivity contribution in [1.29, 1.82) is 0 Å². The van der Waals surface area contributed by atoms with Gasteiger partial charge in [-0.05, 0) is 52.8 Å². The standard InChI is InChI=1S/C28H34N2O5/c1-28(2,3)25(26(33)29-18-13-12-17(14-18)15-24(31)32)30-27(34)35-16-23-21-10-6-4-8-19(21)20-9-5-7-11-22(20)23/h4-11,17-18,23,25H,12-16H2,1-3H3,(H,29,33)(H,30,34)(H,31,32)/t17-,18+,25+/m0/s1. The van der Waals surface area contributed by atoms with Crippen molar-refractivity contribution in [2.75, 3.05) is 6.61 Å². The minimum atomic E-state index is -0.813. The van der Waals surface area contributed by atoms with Gasteiger partial charge in [0.25, 0.3) is 0 Å². The van der Waals surface area contributed by atoms with E-state index in [1.54, 1.807) is 0 Å². The van der Waals surface area contributed by atoms with Gasteiger partial charge in [0.1, 0.15) is 12.6 Å². The molecule has 4 rings (SSSR count). The van der Waals surface area contributed by atoms with Crippen molar-refractivity contribution >= 4 is 18.0 Å². The lowest BCUT2D eigenvalue weighted by Crippen LogP contribution is -2.55. The summed E-state index contributed by atoms with van der Waals surface area (Å²) in [6.07, 6.45) is 1.65. The summed E-state index contributed by atoms with van der Waals surface area (Å²) in [6.45, 7) is 5.85. The summed E-state index contributed by atoms with van der Waals surface area (Å²) in [5, 5.41) is 14.8. The SMILES string of the molecule is CC(C)(C)[C@H](NC(=O)OCC1c2ccccc2-c2ccccc21)C(=O)N[C@@H]1CC[C@H](CC(=O)O)C1. The first-order chi connectivity index (χ1) is 16.6. The van der Waals surface area contributed by atoms with Gasteiger partial charge in [0.05, 0.1) is 0 Å². The summed E-state index contributed by atoms with van der Waals surface area (Å²) in [7, 11) is 0. The van der Waals surface area contributed by atoms with E-state index < -0.39 is 23.5 Å². The van der Waals surface area contributed by atoms with E-state index in [1.165, 1.54) is 0 Å². The summed E-state index contributed by atoms with van der Waals surface area (Å²) >= 11 is 0. The third-order valence-electron chi connectivity index (χ3n) is 7.08. The van der Waals surface area contributed by atoms with Crippen LogP contribution < -0.4 is 10.6 Å². The zero-order valence-electron chi connectivity index (χ0n) is 20.5. The molecule has 2 aliphatic rings. The molecule has 0 aromatic heterocycles. The van der Waals surface area contributed by atoms with Crippen molar-refractivity contribution in [3.8, 4) is 11.1 Å². The molecule has 0 radical (unpaired) electrons. The van der Waals surface area contributed by atoms with E-state index in [9.17, 15) is 14.4 Å². The highest BCUT2D eigenvalue weighted by molar-refractivity contribution is 5.86. The van der Waals surface area contributed by atoms with Gasteiger partial charge >= 0.3 is 12.1 Å². The number of carbonyl (C=O) groups excluding carboxylic acids is 2. The van der Waals surface area contributed by atoms with Crippen LogP contribution in [0.15, 0.2) is 48.5 Å². The Bertz CT molecular complexity index is 1060. The molecule has 186 valence electrons. The number of alkyl carbamates (subject to hydrolysis) is 1. The molecule has 2 aliphatic carbocycles. The van der Waals surface area contributed by atoms with Crippen LogP contribution in [0.25, 0.3) is 11.1 Å². The minimum Gasteiger partial charge on any atom is -0.481 e. The molecule has 3 N–H and O–H groups in total. The van der Waals surface area contributed by atoms with Gasteiger partial charge in [-0.1, -0.05) is 69.3 Å². The van der Waals surface area contributed by atoms with Crippen molar-refractivity contribution < 1.29 is 24.2 Å². The van der Waals surface area contributed by atoms with Gasteiger partial charge in [-0.25, -0.2) is 4.79 Å². The molecular formula is C28H34N2O5. The second-order valence-electron chi connectivity index (χ2n) is 10.8. The lowest BCUT2D eigenvalue weighted by molar-refractivity contribution is -0.138. The number of carboxylic acids is 1. The number of hydrogen-bond acceptors (Lipinski definition) is 4. The summed E-state index contributed by atoms with van der Waals surface area (Å²) < 4.78 is 5.65. The molecule has 3 atom stereocenters. The maximum atomic E-state index is 13.1. The maximum absolute atomic E-state index is 13.1. The van der Waals surface area contributed by atoms with Gasteiger partial charge in [-0.3, -0.25) is 9.59 Å². The topological polar surface area (TPSA) is 105 Å². The molecule has 2 aromatic rings. The van der Waals surface area contributed by atoms with Crippen molar-refractivity contribution in [2.45, 2.75) is 64.5 Å². The Morgan fingerprint density at radius 1 is 1.00 bits per heavy atom. The van der Waals surface area contributed by atoms with E-state index in [-0.39, 0.29) is 36.8 Å². The first-order valence-corrected chi connectivity index (χ1v) is 12.3. The summed E-state index contributed by atoms with van der Waals surface area (Å²) in [5.74, 6) is -1.07. The predicted molar refractivity (Wildman–Crippen MR) is 133 cm³/mol. The molecule has 0 unspecified atom stereocenters. The van der Waals surface area contributed by atoms with Gasteiger partial charge < -0.3 is 20.5 Å². The summed E-state index contributed by atoms with van der Waals surface area (Å²) in [4.78, 5) is 36.9. The summed E-state index contributed by atoms with van der Waals surface area (Å²) in [6, 6.07) is 15.4. The highest BCUT2D eigenvalue weighted by atomic mass is 16.5. The largest absolute Gasteiger partial charge is 0.481 e. The average molecular weight is 479 g/mol. The van der Waals surface area contributed by atoms with Crippen LogP contribution in [0, 0.1) is 11.3 Å². The third-order valence-corrected chi connectivity index (χ3v) is 7.08. The van der Waals surface area contributed by atoms with E-state index in [1.807, 2.05) is 45.0 Å². The van der Waals surface area contributed by atoms with Crippen LogP contribution in [0.4, 0.5) is 4.79 Å². The van der Waals surface area contributed by atoms with E-state index in [4.69, 9.17) is 9.84 Å². The molecule has 0 saturated heterocycles. The number of hydrogen-bond donors (Lipinski definition) is 3. The van der Waals surface area contributed by atoms with E-state index in [0.717, 1.165) is 35.1 Å². The van der Waals surface area contributed by atoms with Crippen LogP contribution in [-0.4, -0.2) is 41.8 Å². The second-order valence-corrected chi connectivity index (χ2v) is 10.8. The van der Waals surface area contributed by atoms with Crippen molar-refractivity contribution in [3.63, 3.8) is 0 Å². The zero-order valence-corrected chi connectivity index (χ0v) is 20.5. The van der Waals surface area contributed by atoms with Gasteiger partial charge in [-0.2, -0.15) is 0 Å². The summed E-state index contributed by atoms with van der Waals surface area (Å²) in [5.41, 5.74) is 4.03. The first kappa shape index (κ1) is 24.8. The minimum absolute atomic E-state index is 0.0558. The lowest BCUT2D eigenvalue weighted by Gasteiger charge is -2.31. The number of amides is 2. The van der Waals surface area contributed by atoms with Gasteiger partial charge in [-0.15, -0.1) is 0 Å². The van der Waals surface area contributed by atoms with Crippen LogP contribution in [0.1, 0.15) is 63.5 Å². The molecule has 0 heterocycles. The number of carbonyl (C=O) groups is 3. The molecule has 1 fully saturated rings. The fourth-order valence-electron chi connectivity index (χ4n) is 5.36. The quantitative estimate of drug-likeness (QED) is 0.535. The normalized spacial score (nSPS) is 20.0. The van der Waals surface area contributed by atoms with Crippen molar-refractivity contribution in [1.82, 2.24) is 10.6 Å². The van der Waals surface area contributed by atoms with E-state index >= 15 is 0 Å². The van der Waals surface area contributed by atoms with Crippen LogP contribution in [0.3, 0.4) is 0 Å². The Balaban J connectivity index is 1.37. The second kappa shape index (κ2) is 10.1. The molecular weight excluding hydrogens is 444 g/mol. The number of ether oxygens (including phenoxy) is 1.